The molecular weight excluding hydrogens is 452 g/mol. The Morgan fingerprint density at radius 1 is 1.00 bits per heavy atom. The Bertz CT molecular complexity index is 1310. The van der Waals surface area contributed by atoms with E-state index in [0.717, 1.165) is 11.4 Å². The second-order valence-electron chi connectivity index (χ2n) is 7.43. The summed E-state index contributed by atoms with van der Waals surface area (Å²) >= 11 is 1.30. The van der Waals surface area contributed by atoms with Gasteiger partial charge < -0.3 is 19.9 Å². The van der Waals surface area contributed by atoms with Crippen molar-refractivity contribution >= 4 is 46.1 Å². The van der Waals surface area contributed by atoms with Gasteiger partial charge in [0.25, 0.3) is 5.91 Å². The van der Waals surface area contributed by atoms with Crippen LogP contribution in [0.25, 0.3) is 0 Å². The molecule has 9 heteroatoms. The molecule has 0 saturated heterocycles. The van der Waals surface area contributed by atoms with Crippen LogP contribution in [0, 0.1) is 11.3 Å². The van der Waals surface area contributed by atoms with Crippen LogP contribution >= 0.6 is 11.3 Å². The molecule has 1 amide bonds. The first kappa shape index (κ1) is 22.8. The zero-order valence-electron chi connectivity index (χ0n) is 18.4. The summed E-state index contributed by atoms with van der Waals surface area (Å²) in [5.74, 6) is -1.21. The van der Waals surface area contributed by atoms with Gasteiger partial charge in [-0.3, -0.25) is 9.59 Å². The number of hydrogen-bond acceptors (Lipinski definition) is 8. The number of carbonyl (C=O) groups excluding carboxylic acids is 3. The van der Waals surface area contributed by atoms with Crippen molar-refractivity contribution in [3.05, 3.63) is 87.9 Å². The largest absolute Gasteiger partial charge is 0.454 e. The number of benzene rings is 2. The number of nitriles is 1. The molecule has 170 valence electrons. The molecule has 0 bridgehead atoms. The summed E-state index contributed by atoms with van der Waals surface area (Å²) in [7, 11) is 3.54. The average molecular weight is 473 g/mol. The molecule has 34 heavy (non-hydrogen) atoms. The van der Waals surface area contributed by atoms with Gasteiger partial charge in [-0.2, -0.15) is 5.26 Å². The Balaban J connectivity index is 1.45. The van der Waals surface area contributed by atoms with E-state index in [4.69, 9.17) is 4.74 Å². The molecule has 0 radical (unpaired) electrons. The van der Waals surface area contributed by atoms with Gasteiger partial charge in [-0.1, -0.05) is 24.3 Å². The van der Waals surface area contributed by atoms with Gasteiger partial charge in [0.05, 0.1) is 21.8 Å². The predicted molar refractivity (Wildman–Crippen MR) is 130 cm³/mol. The smallest absolute Gasteiger partial charge is 0.338 e. The molecule has 0 atom stereocenters. The monoisotopic (exact) mass is 472 g/mol. The van der Waals surface area contributed by atoms with Crippen LogP contribution in [0.5, 0.6) is 0 Å². The summed E-state index contributed by atoms with van der Waals surface area (Å²) in [6.07, 6.45) is 0. The number of para-hydroxylation sites is 2. The standard InChI is InChI=1S/C25H20N4O4S/c1-28-19-9-3-4-10-20(19)29(2)24(28)18(14-26)21(30)15-33-25(32)16-7-5-8-17(13-16)27-23(31)22-11-6-12-34-22/h3-13H,15H2,1-2H3,(H,27,31). The van der Waals surface area contributed by atoms with Gasteiger partial charge in [0, 0.05) is 19.8 Å². The Labute approximate surface area is 200 Å². The third-order valence-electron chi connectivity index (χ3n) is 5.29. The number of ether oxygens (including phenoxy) is 1. The van der Waals surface area contributed by atoms with Crippen LogP contribution in [0.15, 0.2) is 77.4 Å². The van der Waals surface area contributed by atoms with Gasteiger partial charge in [-0.05, 0) is 41.8 Å². The van der Waals surface area contributed by atoms with Crippen LogP contribution in [-0.4, -0.2) is 38.4 Å². The molecule has 8 nitrogen and oxygen atoms in total. The van der Waals surface area contributed by atoms with Gasteiger partial charge >= 0.3 is 5.97 Å². The molecule has 0 aliphatic carbocycles. The maximum absolute atomic E-state index is 12.8. The van der Waals surface area contributed by atoms with Crippen LogP contribution in [0.1, 0.15) is 20.0 Å². The summed E-state index contributed by atoms with van der Waals surface area (Å²) in [6.45, 7) is -0.588. The maximum Gasteiger partial charge on any atom is 0.338 e. The van der Waals surface area contributed by atoms with Gasteiger partial charge in [-0.15, -0.1) is 11.3 Å². The molecule has 0 spiro atoms. The first-order valence-corrected chi connectivity index (χ1v) is 11.1. The molecule has 3 aromatic rings. The van der Waals surface area contributed by atoms with E-state index >= 15 is 0 Å². The first-order valence-electron chi connectivity index (χ1n) is 10.3. The number of hydrogen-bond donors (Lipinski definition) is 1. The minimum Gasteiger partial charge on any atom is -0.454 e. The number of ketones is 1. The SMILES string of the molecule is CN1C(=C(C#N)C(=O)COC(=O)c2cccc(NC(=O)c3cccs3)c2)N(C)c2ccccc21. The number of carbonyl (C=O) groups is 3. The molecule has 0 saturated carbocycles. The van der Waals surface area contributed by atoms with Crippen molar-refractivity contribution in [2.45, 2.75) is 0 Å². The van der Waals surface area contributed by atoms with Crippen LogP contribution in [0.3, 0.4) is 0 Å². The molecule has 1 aromatic heterocycles. The molecule has 2 heterocycles. The highest BCUT2D eigenvalue weighted by molar-refractivity contribution is 7.12. The molecule has 0 fully saturated rings. The van der Waals surface area contributed by atoms with E-state index in [0.29, 0.717) is 16.4 Å². The van der Waals surface area contributed by atoms with Crippen molar-refractivity contribution in [2.24, 2.45) is 0 Å². The molecular formula is C25H20N4O4S. The number of anilines is 3. The minimum atomic E-state index is -0.737. The summed E-state index contributed by atoms with van der Waals surface area (Å²) < 4.78 is 5.19. The van der Waals surface area contributed by atoms with E-state index in [1.165, 1.54) is 23.5 Å². The highest BCUT2D eigenvalue weighted by atomic mass is 32.1. The Morgan fingerprint density at radius 2 is 1.71 bits per heavy atom. The molecule has 2 aromatic carbocycles. The zero-order chi connectivity index (χ0) is 24.2. The number of amides is 1. The molecule has 1 aliphatic heterocycles. The van der Waals surface area contributed by atoms with Crippen molar-refractivity contribution in [1.29, 1.82) is 5.26 Å². The van der Waals surface area contributed by atoms with Gasteiger partial charge in [0.1, 0.15) is 17.5 Å². The van der Waals surface area contributed by atoms with E-state index in [1.54, 1.807) is 53.5 Å². The number of rotatable bonds is 6. The third-order valence-corrected chi connectivity index (χ3v) is 6.16. The zero-order valence-corrected chi connectivity index (χ0v) is 19.3. The minimum absolute atomic E-state index is 0.106. The number of Topliss-reactive ketones (excluding diaryl/α,β-unsaturated/α-hetero) is 1. The lowest BCUT2D eigenvalue weighted by Crippen LogP contribution is -2.27. The fourth-order valence-electron chi connectivity index (χ4n) is 3.67. The highest BCUT2D eigenvalue weighted by Gasteiger charge is 2.31. The predicted octanol–water partition coefficient (Wildman–Crippen LogP) is 4.05. The van der Waals surface area contributed by atoms with E-state index in [-0.39, 0.29) is 17.0 Å². The number of esters is 1. The summed E-state index contributed by atoms with van der Waals surface area (Å²) in [5, 5.41) is 14.2. The van der Waals surface area contributed by atoms with Gasteiger partial charge in [0.15, 0.2) is 6.61 Å². The first-order chi connectivity index (χ1) is 16.4. The third kappa shape index (κ3) is 4.40. The summed E-state index contributed by atoms with van der Waals surface area (Å²) in [6, 6.07) is 19.2. The lowest BCUT2D eigenvalue weighted by atomic mass is 10.1. The number of nitrogens with one attached hydrogen (secondary N) is 1. The van der Waals surface area contributed by atoms with Crippen LogP contribution in [0.2, 0.25) is 0 Å². The highest BCUT2D eigenvalue weighted by Crippen LogP contribution is 2.40. The second-order valence-corrected chi connectivity index (χ2v) is 8.38. The van der Waals surface area contributed by atoms with Crippen molar-refractivity contribution in [2.75, 3.05) is 35.8 Å². The number of thiophene rings is 1. The second kappa shape index (κ2) is 9.60. The van der Waals surface area contributed by atoms with E-state index < -0.39 is 18.4 Å². The van der Waals surface area contributed by atoms with Crippen molar-refractivity contribution in [1.82, 2.24) is 0 Å². The summed E-state index contributed by atoms with van der Waals surface area (Å²) in [5.41, 5.74) is 2.21. The van der Waals surface area contributed by atoms with Gasteiger partial charge in [0.2, 0.25) is 5.78 Å². The van der Waals surface area contributed by atoms with Crippen LogP contribution in [-0.2, 0) is 9.53 Å². The lowest BCUT2D eigenvalue weighted by molar-refractivity contribution is -0.118. The van der Waals surface area contributed by atoms with Crippen molar-refractivity contribution < 1.29 is 19.1 Å². The normalized spacial score (nSPS) is 12.1. The van der Waals surface area contributed by atoms with Crippen LogP contribution < -0.4 is 15.1 Å². The Kier molecular flexibility index (Phi) is 6.43. The molecule has 0 unspecified atom stereocenters. The van der Waals surface area contributed by atoms with Crippen LogP contribution in [0.4, 0.5) is 17.1 Å². The molecule has 4 rings (SSSR count). The van der Waals surface area contributed by atoms with Gasteiger partial charge in [-0.25, -0.2) is 4.79 Å². The average Bonchev–Trinajstić information content (AvgIpc) is 3.47. The number of fused-ring (bicyclic) bond motifs is 1. The quantitative estimate of drug-likeness (QED) is 0.328. The number of nitrogens with zero attached hydrogens (tertiary/aromatic N) is 3. The van der Waals surface area contributed by atoms with E-state index in [1.807, 2.05) is 30.3 Å². The fourth-order valence-corrected chi connectivity index (χ4v) is 4.29. The van der Waals surface area contributed by atoms with E-state index in [9.17, 15) is 19.6 Å². The fraction of sp³-hybridized carbons (Fsp3) is 0.120. The van der Waals surface area contributed by atoms with Crippen molar-refractivity contribution in [3.63, 3.8) is 0 Å². The lowest BCUT2D eigenvalue weighted by Gasteiger charge is -2.19. The maximum atomic E-state index is 12.8. The van der Waals surface area contributed by atoms with Crippen molar-refractivity contribution in [3.8, 4) is 6.07 Å². The topological polar surface area (TPSA) is 103 Å². The molecule has 1 aliphatic rings. The Morgan fingerprint density at radius 3 is 2.32 bits per heavy atom. The Hall–Kier alpha value is -4.42. The van der Waals surface area contributed by atoms with E-state index in [2.05, 4.69) is 5.32 Å². The molecule has 1 N–H and O–H groups in total. The summed E-state index contributed by atoms with van der Waals surface area (Å²) in [4.78, 5) is 41.7.